The molecule has 1 aliphatic heterocycles. The average molecular weight is 315 g/mol. The van der Waals surface area contributed by atoms with Crippen LogP contribution in [-0.2, 0) is 6.54 Å². The Morgan fingerprint density at radius 1 is 1.39 bits per heavy atom. The number of nitrogens with zero attached hydrogens (tertiary/aromatic N) is 4. The Morgan fingerprint density at radius 2 is 2.22 bits per heavy atom. The first-order chi connectivity index (χ1) is 11.1. The van der Waals surface area contributed by atoms with E-state index in [1.54, 1.807) is 6.20 Å². The fraction of sp³-hybridized carbons (Fsp3) is 0.588. The summed E-state index contributed by atoms with van der Waals surface area (Å²) in [5, 5.41) is 11.6. The molecule has 1 aliphatic rings. The molecule has 1 saturated heterocycles. The second-order valence-electron chi connectivity index (χ2n) is 6.29. The number of rotatable bonds is 4. The van der Waals surface area contributed by atoms with Crippen LogP contribution in [0.4, 0.5) is 0 Å². The first-order valence-electron chi connectivity index (χ1n) is 8.47. The molecule has 6 heteroatoms. The molecule has 1 N–H and O–H groups in total. The molecule has 6 nitrogen and oxygen atoms in total. The Balaban J connectivity index is 1.92. The lowest BCUT2D eigenvalue weighted by Gasteiger charge is -2.35. The lowest BCUT2D eigenvalue weighted by atomic mass is 9.98. The summed E-state index contributed by atoms with van der Waals surface area (Å²) in [5.74, 6) is 0.0988. The Kier molecular flexibility index (Phi) is 4.50. The number of amides is 1. The Hall–Kier alpha value is -2.11. The largest absolute Gasteiger partial charge is 0.330 e. The molecule has 0 aromatic carbocycles. The Morgan fingerprint density at radius 3 is 2.91 bits per heavy atom. The van der Waals surface area contributed by atoms with E-state index in [1.807, 2.05) is 29.5 Å². The number of hydrogen-bond acceptors (Lipinski definition) is 3. The van der Waals surface area contributed by atoms with Crippen LogP contribution in [0.3, 0.4) is 0 Å². The molecular weight excluding hydrogens is 290 g/mol. The maximum Gasteiger partial charge on any atom is 0.258 e. The van der Waals surface area contributed by atoms with Crippen molar-refractivity contribution < 1.29 is 4.79 Å². The molecule has 1 fully saturated rings. The minimum absolute atomic E-state index is 0.0899. The third kappa shape index (κ3) is 2.90. The zero-order chi connectivity index (χ0) is 16.4. The Bertz CT molecular complexity index is 673. The monoisotopic (exact) mass is 315 g/mol. The quantitative estimate of drug-likeness (QED) is 0.943. The van der Waals surface area contributed by atoms with Crippen molar-refractivity contribution in [2.24, 2.45) is 0 Å². The van der Waals surface area contributed by atoms with Gasteiger partial charge in [0, 0.05) is 25.0 Å². The number of hydrogen-bond donors (Lipinski definition) is 1. The highest BCUT2D eigenvalue weighted by Gasteiger charge is 2.32. The van der Waals surface area contributed by atoms with Crippen molar-refractivity contribution >= 4 is 5.91 Å². The number of piperidine rings is 1. The molecule has 0 radical (unpaired) electrons. The molecule has 0 spiro atoms. The van der Waals surface area contributed by atoms with Crippen molar-refractivity contribution in [3.8, 4) is 0 Å². The van der Waals surface area contributed by atoms with Gasteiger partial charge in [0.1, 0.15) is 0 Å². The molecule has 3 heterocycles. The van der Waals surface area contributed by atoms with Crippen LogP contribution in [0.5, 0.6) is 0 Å². The van der Waals surface area contributed by atoms with Gasteiger partial charge in [-0.05, 0) is 45.6 Å². The van der Waals surface area contributed by atoms with E-state index in [9.17, 15) is 4.79 Å². The summed E-state index contributed by atoms with van der Waals surface area (Å²) in [4.78, 5) is 15.2. The van der Waals surface area contributed by atoms with E-state index in [4.69, 9.17) is 0 Å². The number of carbonyl (C=O) groups is 1. The maximum absolute atomic E-state index is 13.2. The number of aryl methyl sites for hydroxylation is 2. The van der Waals surface area contributed by atoms with Crippen LogP contribution < -0.4 is 0 Å². The van der Waals surface area contributed by atoms with Crippen LogP contribution >= 0.6 is 0 Å². The summed E-state index contributed by atoms with van der Waals surface area (Å²) in [6, 6.07) is 2.06. The van der Waals surface area contributed by atoms with Crippen LogP contribution in [0.25, 0.3) is 0 Å². The van der Waals surface area contributed by atoms with E-state index < -0.39 is 0 Å². The average Bonchev–Trinajstić information content (AvgIpc) is 3.17. The molecule has 0 saturated carbocycles. The second kappa shape index (κ2) is 6.56. The van der Waals surface area contributed by atoms with Crippen LogP contribution in [-0.4, -0.2) is 37.3 Å². The first kappa shape index (κ1) is 15.8. The third-order valence-electron chi connectivity index (χ3n) is 4.68. The molecular formula is C17H25N5O. The standard InChI is InChI=1S/C17H25N5O/c1-4-10-22-13(3)16(12(2)20-22)17(23)21-11-6-5-7-15(21)14-8-9-18-19-14/h8-9,15H,4-7,10-11H2,1-3H3,(H,18,19)/t15-/m0/s1. The van der Waals surface area contributed by atoms with Gasteiger partial charge >= 0.3 is 0 Å². The lowest BCUT2D eigenvalue weighted by molar-refractivity contribution is 0.0604. The SMILES string of the molecule is CCCn1nc(C)c(C(=O)N2CCCC[C@H]2c2ccn[nH]2)c1C. The molecule has 1 atom stereocenters. The summed E-state index contributed by atoms with van der Waals surface area (Å²) in [6.45, 7) is 7.70. The van der Waals surface area contributed by atoms with E-state index in [1.165, 1.54) is 0 Å². The van der Waals surface area contributed by atoms with Crippen molar-refractivity contribution in [1.82, 2.24) is 24.9 Å². The third-order valence-corrected chi connectivity index (χ3v) is 4.68. The number of likely N-dealkylation sites (tertiary alicyclic amines) is 1. The zero-order valence-electron chi connectivity index (χ0n) is 14.2. The van der Waals surface area contributed by atoms with Gasteiger partial charge in [-0.3, -0.25) is 14.6 Å². The van der Waals surface area contributed by atoms with Crippen molar-refractivity contribution in [2.75, 3.05) is 6.54 Å². The molecule has 0 unspecified atom stereocenters. The highest BCUT2D eigenvalue weighted by molar-refractivity contribution is 5.96. The van der Waals surface area contributed by atoms with Gasteiger partial charge in [0.25, 0.3) is 5.91 Å². The molecule has 23 heavy (non-hydrogen) atoms. The predicted molar refractivity (Wildman–Crippen MR) is 88.2 cm³/mol. The van der Waals surface area contributed by atoms with Crippen molar-refractivity contribution in [2.45, 2.75) is 59.0 Å². The summed E-state index contributed by atoms with van der Waals surface area (Å²) in [6.07, 6.45) is 5.94. The van der Waals surface area contributed by atoms with E-state index in [0.717, 1.165) is 61.4 Å². The van der Waals surface area contributed by atoms with Gasteiger partial charge in [-0.1, -0.05) is 6.92 Å². The van der Waals surface area contributed by atoms with Crippen molar-refractivity contribution in [3.05, 3.63) is 34.9 Å². The lowest BCUT2D eigenvalue weighted by Crippen LogP contribution is -2.39. The van der Waals surface area contributed by atoms with Gasteiger partial charge in [0.15, 0.2) is 0 Å². The van der Waals surface area contributed by atoms with Gasteiger partial charge in [-0.25, -0.2) is 0 Å². The topological polar surface area (TPSA) is 66.8 Å². The minimum atomic E-state index is 0.0899. The fourth-order valence-corrected chi connectivity index (χ4v) is 3.53. The highest BCUT2D eigenvalue weighted by Crippen LogP contribution is 2.32. The summed E-state index contributed by atoms with van der Waals surface area (Å²) in [5.41, 5.74) is 3.59. The summed E-state index contributed by atoms with van der Waals surface area (Å²) < 4.78 is 1.96. The first-order valence-corrected chi connectivity index (χ1v) is 8.47. The molecule has 124 valence electrons. The summed E-state index contributed by atoms with van der Waals surface area (Å²) >= 11 is 0. The van der Waals surface area contributed by atoms with Crippen LogP contribution in [0.2, 0.25) is 0 Å². The molecule has 2 aromatic rings. The van der Waals surface area contributed by atoms with Gasteiger partial charge in [0.05, 0.1) is 23.0 Å². The second-order valence-corrected chi connectivity index (χ2v) is 6.29. The molecule has 0 aliphatic carbocycles. The van der Waals surface area contributed by atoms with Gasteiger partial charge < -0.3 is 4.90 Å². The zero-order valence-corrected chi connectivity index (χ0v) is 14.2. The van der Waals surface area contributed by atoms with E-state index >= 15 is 0 Å². The fourth-order valence-electron chi connectivity index (χ4n) is 3.53. The Labute approximate surface area is 136 Å². The number of nitrogens with one attached hydrogen (secondary N) is 1. The van der Waals surface area contributed by atoms with E-state index in [2.05, 4.69) is 22.2 Å². The highest BCUT2D eigenvalue weighted by atomic mass is 16.2. The molecule has 0 bridgehead atoms. The van der Waals surface area contributed by atoms with Gasteiger partial charge in [-0.2, -0.15) is 10.2 Å². The van der Waals surface area contributed by atoms with Gasteiger partial charge in [0.2, 0.25) is 0 Å². The van der Waals surface area contributed by atoms with Crippen LogP contribution in [0.15, 0.2) is 12.3 Å². The molecule has 3 rings (SSSR count). The van der Waals surface area contributed by atoms with Crippen LogP contribution in [0.1, 0.15) is 66.1 Å². The smallest absolute Gasteiger partial charge is 0.258 e. The van der Waals surface area contributed by atoms with E-state index in [-0.39, 0.29) is 11.9 Å². The number of aromatic amines is 1. The van der Waals surface area contributed by atoms with Crippen LogP contribution in [0, 0.1) is 13.8 Å². The minimum Gasteiger partial charge on any atom is -0.330 e. The maximum atomic E-state index is 13.2. The van der Waals surface area contributed by atoms with Crippen molar-refractivity contribution in [3.63, 3.8) is 0 Å². The van der Waals surface area contributed by atoms with E-state index in [0.29, 0.717) is 0 Å². The number of aromatic nitrogens is 4. The van der Waals surface area contributed by atoms with Crippen molar-refractivity contribution in [1.29, 1.82) is 0 Å². The van der Waals surface area contributed by atoms with Gasteiger partial charge in [-0.15, -0.1) is 0 Å². The molecule has 2 aromatic heterocycles. The normalized spacial score (nSPS) is 18.4. The summed E-state index contributed by atoms with van der Waals surface area (Å²) in [7, 11) is 0. The predicted octanol–water partition coefficient (Wildman–Crippen LogP) is 3.00. The number of carbonyl (C=O) groups excluding carboxylic acids is 1. The molecule has 1 amide bonds. The number of H-pyrrole nitrogens is 1.